The first kappa shape index (κ1) is 16.8. The minimum Gasteiger partial charge on any atom is -0.238 e. The van der Waals surface area contributed by atoms with Gasteiger partial charge in [-0.15, -0.1) is 0 Å². The molecule has 2 fully saturated rings. The molecule has 0 unspecified atom stereocenters. The molecule has 0 spiro atoms. The number of rotatable bonds is 7. The Hall–Kier alpha value is 0.390. The Morgan fingerprint density at radius 2 is 1.30 bits per heavy atom. The molecule has 0 aromatic heterocycles. The molecule has 2 rings (SSSR count). The van der Waals surface area contributed by atoms with Gasteiger partial charge < -0.3 is 0 Å². The molecule has 0 radical (unpaired) electrons. The molecule has 1 nitrogen and oxygen atoms in total. The van der Waals surface area contributed by atoms with Gasteiger partial charge in [-0.05, 0) is 64.7 Å². The summed E-state index contributed by atoms with van der Waals surface area (Å²) in [5, 5.41) is 0. The fourth-order valence-electron chi connectivity index (χ4n) is 4.53. The molecule has 2 saturated carbocycles. The summed E-state index contributed by atoms with van der Waals surface area (Å²) in [5.74, 6) is 0. The second-order valence-electron chi connectivity index (χ2n) is 6.94. The summed E-state index contributed by atoms with van der Waals surface area (Å²) in [4.78, 5) is 0. The SMILES string of the molecule is CCCCO[P+](CC)(C1CCCCC1)C1CCCCC1. The zero-order valence-corrected chi connectivity index (χ0v) is 14.8. The van der Waals surface area contributed by atoms with Gasteiger partial charge in [-0.3, -0.25) is 0 Å². The maximum Gasteiger partial charge on any atom is 0.151 e. The summed E-state index contributed by atoms with van der Waals surface area (Å²) >= 11 is 0. The maximum atomic E-state index is 6.81. The fraction of sp³-hybridized carbons (Fsp3) is 1.00. The van der Waals surface area contributed by atoms with Crippen LogP contribution in [0.5, 0.6) is 0 Å². The molecule has 2 aliphatic carbocycles. The van der Waals surface area contributed by atoms with Gasteiger partial charge in [-0.2, -0.15) is 0 Å². The van der Waals surface area contributed by atoms with Gasteiger partial charge >= 0.3 is 0 Å². The molecule has 2 heteroatoms. The molecule has 0 saturated heterocycles. The van der Waals surface area contributed by atoms with Crippen molar-refractivity contribution in [3.05, 3.63) is 0 Å². The molecule has 0 N–H and O–H groups in total. The van der Waals surface area contributed by atoms with Crippen molar-refractivity contribution in [3.8, 4) is 0 Å². The van der Waals surface area contributed by atoms with Crippen LogP contribution < -0.4 is 0 Å². The topological polar surface area (TPSA) is 9.23 Å². The van der Waals surface area contributed by atoms with Crippen molar-refractivity contribution < 1.29 is 4.52 Å². The normalized spacial score (nSPS) is 23.1. The predicted molar refractivity (Wildman–Crippen MR) is 92.1 cm³/mol. The summed E-state index contributed by atoms with van der Waals surface area (Å²) in [6.45, 7) is 5.78. The van der Waals surface area contributed by atoms with Gasteiger partial charge in [-0.1, -0.05) is 26.2 Å². The van der Waals surface area contributed by atoms with E-state index in [1.54, 1.807) is 0 Å². The van der Waals surface area contributed by atoms with Crippen LogP contribution in [0.1, 0.15) is 90.9 Å². The molecule has 0 aromatic carbocycles. The third kappa shape index (κ3) is 3.98. The standard InChI is InChI=1S/C18H36OP/c1-3-5-16-19-20(4-2,17-12-8-6-9-13-17)18-14-10-7-11-15-18/h17-18H,3-16H2,1-2H3/q+1. The molecular weight excluding hydrogens is 263 g/mol. The first-order chi connectivity index (χ1) is 9.83. The smallest absolute Gasteiger partial charge is 0.151 e. The Labute approximate surface area is 127 Å². The lowest BCUT2D eigenvalue weighted by Gasteiger charge is -2.41. The largest absolute Gasteiger partial charge is 0.238 e. The molecule has 0 bridgehead atoms. The summed E-state index contributed by atoms with van der Waals surface area (Å²) in [7, 11) is -1.16. The van der Waals surface area contributed by atoms with Crippen LogP contribution in [0.3, 0.4) is 0 Å². The molecule has 0 atom stereocenters. The average molecular weight is 299 g/mol. The Kier molecular flexibility index (Phi) is 7.32. The number of hydrogen-bond acceptors (Lipinski definition) is 1. The van der Waals surface area contributed by atoms with E-state index in [1.165, 1.54) is 83.2 Å². The summed E-state index contributed by atoms with van der Waals surface area (Å²) < 4.78 is 6.81. The second-order valence-corrected chi connectivity index (χ2v) is 11.0. The van der Waals surface area contributed by atoms with Crippen LogP contribution in [0.15, 0.2) is 0 Å². The molecule has 0 aliphatic heterocycles. The van der Waals surface area contributed by atoms with E-state index in [0.717, 1.165) is 17.9 Å². The van der Waals surface area contributed by atoms with Crippen LogP contribution in [-0.4, -0.2) is 24.1 Å². The third-order valence-electron chi connectivity index (χ3n) is 5.71. The zero-order chi connectivity index (χ0) is 14.3. The Morgan fingerprint density at radius 3 is 1.70 bits per heavy atom. The van der Waals surface area contributed by atoms with Gasteiger partial charge in [-0.25, -0.2) is 4.52 Å². The van der Waals surface area contributed by atoms with E-state index < -0.39 is 7.49 Å². The van der Waals surface area contributed by atoms with Crippen molar-refractivity contribution in [2.24, 2.45) is 0 Å². The summed E-state index contributed by atoms with van der Waals surface area (Å²) in [6.07, 6.45) is 18.6. The Morgan fingerprint density at radius 1 is 0.800 bits per heavy atom. The van der Waals surface area contributed by atoms with Crippen LogP contribution in [0.2, 0.25) is 0 Å². The van der Waals surface area contributed by atoms with Crippen LogP contribution in [0.4, 0.5) is 0 Å². The molecule has 118 valence electrons. The molecule has 0 amide bonds. The molecule has 20 heavy (non-hydrogen) atoms. The molecule has 2 aliphatic rings. The van der Waals surface area contributed by atoms with Crippen molar-refractivity contribution >= 4 is 7.49 Å². The van der Waals surface area contributed by atoms with Gasteiger partial charge in [0.2, 0.25) is 0 Å². The van der Waals surface area contributed by atoms with E-state index in [0.29, 0.717) is 0 Å². The monoisotopic (exact) mass is 299 g/mol. The lowest BCUT2D eigenvalue weighted by atomic mass is 9.99. The first-order valence-electron chi connectivity index (χ1n) is 9.35. The van der Waals surface area contributed by atoms with Gasteiger partial charge in [0, 0.05) is 0 Å². The van der Waals surface area contributed by atoms with E-state index in [2.05, 4.69) is 13.8 Å². The Bertz CT molecular complexity index is 236. The van der Waals surface area contributed by atoms with Crippen LogP contribution >= 0.6 is 7.49 Å². The molecular formula is C18H36OP+. The molecule has 0 aromatic rings. The quantitative estimate of drug-likeness (QED) is 0.389. The molecule has 0 heterocycles. The second kappa shape index (κ2) is 8.74. The van der Waals surface area contributed by atoms with Crippen molar-refractivity contribution in [1.29, 1.82) is 0 Å². The van der Waals surface area contributed by atoms with E-state index >= 15 is 0 Å². The fourth-order valence-corrected chi connectivity index (χ4v) is 9.71. The number of hydrogen-bond donors (Lipinski definition) is 0. The van der Waals surface area contributed by atoms with Gasteiger partial charge in [0.25, 0.3) is 0 Å². The van der Waals surface area contributed by atoms with Gasteiger partial charge in [0.1, 0.15) is 0 Å². The van der Waals surface area contributed by atoms with Crippen molar-refractivity contribution in [1.82, 2.24) is 0 Å². The number of unbranched alkanes of at least 4 members (excludes halogenated alkanes) is 1. The average Bonchev–Trinajstić information content (AvgIpc) is 2.54. The van der Waals surface area contributed by atoms with Crippen molar-refractivity contribution in [2.75, 3.05) is 12.8 Å². The highest BCUT2D eigenvalue weighted by atomic mass is 31.2. The summed E-state index contributed by atoms with van der Waals surface area (Å²) in [6, 6.07) is 0. The van der Waals surface area contributed by atoms with Crippen LogP contribution in [0, 0.1) is 0 Å². The Balaban J connectivity index is 2.09. The lowest BCUT2D eigenvalue weighted by Crippen LogP contribution is -2.31. The highest BCUT2D eigenvalue weighted by Gasteiger charge is 2.52. The van der Waals surface area contributed by atoms with Crippen LogP contribution in [0.25, 0.3) is 0 Å². The lowest BCUT2D eigenvalue weighted by molar-refractivity contribution is 0.302. The van der Waals surface area contributed by atoms with Gasteiger partial charge in [0.05, 0.1) is 24.1 Å². The van der Waals surface area contributed by atoms with Crippen molar-refractivity contribution in [2.45, 2.75) is 102 Å². The van der Waals surface area contributed by atoms with Crippen LogP contribution in [-0.2, 0) is 4.52 Å². The first-order valence-corrected chi connectivity index (χ1v) is 11.4. The predicted octanol–water partition coefficient (Wildman–Crippen LogP) is 6.42. The summed E-state index contributed by atoms with van der Waals surface area (Å²) in [5.41, 5.74) is 1.92. The highest BCUT2D eigenvalue weighted by molar-refractivity contribution is 7.72. The highest BCUT2D eigenvalue weighted by Crippen LogP contribution is 2.72. The minimum absolute atomic E-state index is 0.959. The van der Waals surface area contributed by atoms with Gasteiger partial charge in [0.15, 0.2) is 7.49 Å². The van der Waals surface area contributed by atoms with Crippen molar-refractivity contribution in [3.63, 3.8) is 0 Å². The maximum absolute atomic E-state index is 6.81. The third-order valence-corrected chi connectivity index (χ3v) is 10.9. The van der Waals surface area contributed by atoms with E-state index in [4.69, 9.17) is 4.52 Å². The minimum atomic E-state index is -1.16. The zero-order valence-electron chi connectivity index (χ0n) is 13.9. The van der Waals surface area contributed by atoms with E-state index in [-0.39, 0.29) is 0 Å². The van der Waals surface area contributed by atoms with E-state index in [1.807, 2.05) is 0 Å². The van der Waals surface area contributed by atoms with E-state index in [9.17, 15) is 0 Å².